The zero-order valence-electron chi connectivity index (χ0n) is 13.0. The first-order chi connectivity index (χ1) is 10.5. The van der Waals surface area contributed by atoms with Crippen LogP contribution in [0.2, 0.25) is 0 Å². The van der Waals surface area contributed by atoms with Gasteiger partial charge < -0.3 is 20.3 Å². The number of hydrogen-bond acceptors (Lipinski definition) is 5. The Labute approximate surface area is 135 Å². The third kappa shape index (κ3) is 5.10. The summed E-state index contributed by atoms with van der Waals surface area (Å²) in [5, 5.41) is 26.3. The molecular formula is C17H23NO3S. The van der Waals surface area contributed by atoms with Crippen molar-refractivity contribution in [1.82, 2.24) is 5.32 Å². The molecule has 4 nitrogen and oxygen atoms in total. The Morgan fingerprint density at radius 3 is 2.50 bits per heavy atom. The van der Waals surface area contributed by atoms with Crippen LogP contribution >= 0.6 is 11.3 Å². The van der Waals surface area contributed by atoms with Crippen LogP contribution in [0.3, 0.4) is 0 Å². The van der Waals surface area contributed by atoms with E-state index >= 15 is 0 Å². The molecule has 1 aromatic heterocycles. The van der Waals surface area contributed by atoms with Gasteiger partial charge in [-0.3, -0.25) is 0 Å². The van der Waals surface area contributed by atoms with Crippen molar-refractivity contribution in [2.24, 2.45) is 0 Å². The molecule has 0 radical (unpaired) electrons. The molecular weight excluding hydrogens is 298 g/mol. The summed E-state index contributed by atoms with van der Waals surface area (Å²) in [6.07, 6.45) is -0.623. The number of β-amino-alcohol motifs (C(OH)–C–C–N with tert-alkyl or cyclic N) is 1. The van der Waals surface area contributed by atoms with Crippen LogP contribution in [0.15, 0.2) is 41.1 Å². The molecule has 1 aromatic carbocycles. The zero-order chi connectivity index (χ0) is 16.0. The molecule has 0 saturated carbocycles. The number of aliphatic hydroxyl groups is 2. The third-order valence-electron chi connectivity index (χ3n) is 3.36. The van der Waals surface area contributed by atoms with Crippen LogP contribution in [0.1, 0.15) is 13.8 Å². The maximum Gasteiger partial charge on any atom is 0.119 e. The number of benzene rings is 1. The second-order valence-electron chi connectivity index (χ2n) is 5.92. The van der Waals surface area contributed by atoms with Gasteiger partial charge in [-0.1, -0.05) is 12.1 Å². The number of thiophene rings is 1. The summed E-state index contributed by atoms with van der Waals surface area (Å²) in [6, 6.07) is 9.92. The molecule has 2 aromatic rings. The van der Waals surface area contributed by atoms with Crippen molar-refractivity contribution >= 4 is 11.3 Å². The van der Waals surface area contributed by atoms with Crippen molar-refractivity contribution in [2.45, 2.75) is 25.5 Å². The van der Waals surface area contributed by atoms with E-state index < -0.39 is 11.6 Å². The van der Waals surface area contributed by atoms with Crippen LogP contribution in [0.5, 0.6) is 5.75 Å². The topological polar surface area (TPSA) is 61.7 Å². The van der Waals surface area contributed by atoms with Gasteiger partial charge in [-0.25, -0.2) is 0 Å². The summed E-state index contributed by atoms with van der Waals surface area (Å²) in [5.74, 6) is 0.736. The van der Waals surface area contributed by atoms with E-state index in [1.807, 2.05) is 38.1 Å². The highest BCUT2D eigenvalue weighted by molar-refractivity contribution is 7.08. The highest BCUT2D eigenvalue weighted by Gasteiger charge is 2.17. The van der Waals surface area contributed by atoms with Gasteiger partial charge in [-0.05, 0) is 53.9 Å². The Kier molecular flexibility index (Phi) is 5.97. The van der Waals surface area contributed by atoms with Crippen LogP contribution in [0.25, 0.3) is 11.1 Å². The number of rotatable bonds is 8. The molecule has 22 heavy (non-hydrogen) atoms. The standard InChI is InChI=1S/C17H23NO3S/c1-17(2,12-19)18-9-15(20)10-21-16-5-3-13(4-6-16)14-7-8-22-11-14/h3-8,11,15,18-20H,9-10,12H2,1-2H3. The Bertz CT molecular complexity index is 552. The zero-order valence-corrected chi connectivity index (χ0v) is 13.8. The van der Waals surface area contributed by atoms with Gasteiger partial charge in [-0.15, -0.1) is 0 Å². The smallest absolute Gasteiger partial charge is 0.119 e. The molecule has 5 heteroatoms. The van der Waals surface area contributed by atoms with Crippen molar-refractivity contribution in [2.75, 3.05) is 19.8 Å². The third-order valence-corrected chi connectivity index (χ3v) is 4.05. The van der Waals surface area contributed by atoms with E-state index in [-0.39, 0.29) is 13.2 Å². The summed E-state index contributed by atoms with van der Waals surface area (Å²) in [5.41, 5.74) is 1.95. The van der Waals surface area contributed by atoms with Gasteiger partial charge in [-0.2, -0.15) is 11.3 Å². The maximum absolute atomic E-state index is 9.91. The molecule has 0 aliphatic heterocycles. The van der Waals surface area contributed by atoms with Crippen LogP contribution in [-0.2, 0) is 0 Å². The van der Waals surface area contributed by atoms with E-state index in [1.165, 1.54) is 5.56 Å². The predicted molar refractivity (Wildman–Crippen MR) is 90.4 cm³/mol. The molecule has 1 unspecified atom stereocenters. The molecule has 0 saturated heterocycles. The molecule has 1 heterocycles. The fraction of sp³-hybridized carbons (Fsp3) is 0.412. The first-order valence-electron chi connectivity index (χ1n) is 7.29. The Hall–Kier alpha value is -1.40. The van der Waals surface area contributed by atoms with Crippen molar-refractivity contribution in [3.05, 3.63) is 41.1 Å². The Morgan fingerprint density at radius 1 is 1.18 bits per heavy atom. The lowest BCUT2D eigenvalue weighted by atomic mass is 10.1. The van der Waals surface area contributed by atoms with Crippen LogP contribution < -0.4 is 10.1 Å². The maximum atomic E-state index is 9.91. The molecule has 3 N–H and O–H groups in total. The van der Waals surface area contributed by atoms with Crippen LogP contribution in [-0.4, -0.2) is 41.6 Å². The van der Waals surface area contributed by atoms with E-state index in [0.29, 0.717) is 6.54 Å². The van der Waals surface area contributed by atoms with E-state index in [0.717, 1.165) is 11.3 Å². The van der Waals surface area contributed by atoms with Crippen molar-refractivity contribution in [3.63, 3.8) is 0 Å². The van der Waals surface area contributed by atoms with Gasteiger partial charge in [0.05, 0.1) is 6.61 Å². The first-order valence-corrected chi connectivity index (χ1v) is 8.24. The second kappa shape index (κ2) is 7.74. The summed E-state index contributed by atoms with van der Waals surface area (Å²) >= 11 is 1.67. The average molecular weight is 321 g/mol. The number of aliphatic hydroxyl groups excluding tert-OH is 2. The quantitative estimate of drug-likeness (QED) is 0.699. The molecule has 0 amide bonds. The van der Waals surface area contributed by atoms with E-state index in [4.69, 9.17) is 9.84 Å². The monoisotopic (exact) mass is 321 g/mol. The lowest BCUT2D eigenvalue weighted by molar-refractivity contribution is 0.0907. The van der Waals surface area contributed by atoms with E-state index in [9.17, 15) is 5.11 Å². The summed E-state index contributed by atoms with van der Waals surface area (Å²) in [4.78, 5) is 0. The fourth-order valence-electron chi connectivity index (χ4n) is 1.87. The van der Waals surface area contributed by atoms with Gasteiger partial charge in [0.25, 0.3) is 0 Å². The highest BCUT2D eigenvalue weighted by atomic mass is 32.1. The molecule has 0 aliphatic rings. The summed E-state index contributed by atoms with van der Waals surface area (Å²) in [6.45, 7) is 4.37. The van der Waals surface area contributed by atoms with Crippen molar-refractivity contribution < 1.29 is 14.9 Å². The average Bonchev–Trinajstić information content (AvgIpc) is 3.06. The normalized spacial score (nSPS) is 13.1. The number of hydrogen-bond donors (Lipinski definition) is 3. The minimum Gasteiger partial charge on any atom is -0.491 e. The molecule has 0 aliphatic carbocycles. The SMILES string of the molecule is CC(C)(CO)NCC(O)COc1ccc(-c2ccsc2)cc1. The molecule has 2 rings (SSSR count). The van der Waals surface area contributed by atoms with Crippen LogP contribution in [0.4, 0.5) is 0 Å². The largest absolute Gasteiger partial charge is 0.491 e. The van der Waals surface area contributed by atoms with Crippen molar-refractivity contribution in [3.8, 4) is 16.9 Å². The Morgan fingerprint density at radius 2 is 1.91 bits per heavy atom. The summed E-state index contributed by atoms with van der Waals surface area (Å²) < 4.78 is 5.59. The molecule has 0 bridgehead atoms. The molecule has 0 spiro atoms. The van der Waals surface area contributed by atoms with Gasteiger partial charge in [0.15, 0.2) is 0 Å². The second-order valence-corrected chi connectivity index (χ2v) is 6.70. The van der Waals surface area contributed by atoms with E-state index in [2.05, 4.69) is 22.1 Å². The van der Waals surface area contributed by atoms with Gasteiger partial charge in [0, 0.05) is 12.1 Å². The minimum atomic E-state index is -0.623. The summed E-state index contributed by atoms with van der Waals surface area (Å²) in [7, 11) is 0. The van der Waals surface area contributed by atoms with Gasteiger partial charge >= 0.3 is 0 Å². The van der Waals surface area contributed by atoms with Crippen LogP contribution in [0, 0.1) is 0 Å². The lowest BCUT2D eigenvalue weighted by Crippen LogP contribution is -2.47. The highest BCUT2D eigenvalue weighted by Crippen LogP contribution is 2.24. The molecule has 1 atom stereocenters. The predicted octanol–water partition coefficient (Wildman–Crippen LogP) is 2.52. The minimum absolute atomic E-state index is 0.0185. The Balaban J connectivity index is 1.79. The van der Waals surface area contributed by atoms with Crippen molar-refractivity contribution in [1.29, 1.82) is 0 Å². The number of ether oxygens (including phenoxy) is 1. The molecule has 0 fully saturated rings. The molecule has 120 valence electrons. The lowest BCUT2D eigenvalue weighted by Gasteiger charge is -2.25. The first kappa shape index (κ1) is 17.0. The van der Waals surface area contributed by atoms with Gasteiger partial charge in [0.1, 0.15) is 18.5 Å². The van der Waals surface area contributed by atoms with Gasteiger partial charge in [0.2, 0.25) is 0 Å². The van der Waals surface area contributed by atoms with E-state index in [1.54, 1.807) is 11.3 Å². The fourth-order valence-corrected chi connectivity index (χ4v) is 2.54. The number of nitrogens with one attached hydrogen (secondary N) is 1.